The molecule has 0 aliphatic carbocycles. The highest BCUT2D eigenvalue weighted by Crippen LogP contribution is 2.12. The smallest absolute Gasteiger partial charge is 0.209 e. The van der Waals surface area contributed by atoms with Crippen LogP contribution in [-0.2, 0) is 6.54 Å². The van der Waals surface area contributed by atoms with Crippen LogP contribution in [0.1, 0.15) is 0 Å². The molecule has 0 aromatic carbocycles. The summed E-state index contributed by atoms with van der Waals surface area (Å²) in [5, 5.41) is 14.7. The van der Waals surface area contributed by atoms with E-state index in [0.29, 0.717) is 17.5 Å². The Morgan fingerprint density at radius 1 is 1.62 bits per heavy atom. The Balaban J connectivity index is 2.45. The van der Waals surface area contributed by atoms with Gasteiger partial charge in [0.1, 0.15) is 0 Å². The molecule has 0 amide bonds. The maximum Gasteiger partial charge on any atom is 0.209 e. The average molecular weight is 205 g/mol. The van der Waals surface area contributed by atoms with E-state index in [4.69, 9.17) is 0 Å². The van der Waals surface area contributed by atoms with Gasteiger partial charge in [0.05, 0.1) is 13.2 Å². The van der Waals surface area contributed by atoms with E-state index in [0.717, 1.165) is 6.54 Å². The number of rotatable bonds is 6. The van der Waals surface area contributed by atoms with E-state index in [9.17, 15) is 4.39 Å². The van der Waals surface area contributed by atoms with Crippen molar-refractivity contribution in [2.24, 2.45) is 0 Å². The Bertz CT molecular complexity index is 218. The molecule has 1 rings (SSSR count). The molecule has 0 radical (unpaired) electrons. The number of nitrogens with one attached hydrogen (secondary N) is 1. The zero-order chi connectivity index (χ0) is 9.52. The molecular formula is C6H12FN5S. The van der Waals surface area contributed by atoms with Gasteiger partial charge in [0.15, 0.2) is 0 Å². The predicted molar refractivity (Wildman–Crippen MR) is 48.4 cm³/mol. The SMILES string of the molecule is CNCCn1nnnc1SCCF. The fraction of sp³-hybridized carbons (Fsp3) is 0.833. The van der Waals surface area contributed by atoms with E-state index in [-0.39, 0.29) is 6.67 Å². The lowest BCUT2D eigenvalue weighted by atomic mass is 10.6. The number of hydrogen-bond donors (Lipinski definition) is 1. The van der Waals surface area contributed by atoms with Crippen molar-refractivity contribution in [3.8, 4) is 0 Å². The van der Waals surface area contributed by atoms with Crippen LogP contribution in [0.25, 0.3) is 0 Å². The normalized spacial score (nSPS) is 10.6. The topological polar surface area (TPSA) is 55.6 Å². The summed E-state index contributed by atoms with van der Waals surface area (Å²) in [6.45, 7) is 1.15. The molecular weight excluding hydrogens is 193 g/mol. The molecule has 0 aliphatic rings. The van der Waals surface area contributed by atoms with Gasteiger partial charge in [0.25, 0.3) is 0 Å². The zero-order valence-electron chi connectivity index (χ0n) is 7.40. The Hall–Kier alpha value is -0.690. The van der Waals surface area contributed by atoms with Gasteiger partial charge < -0.3 is 5.32 Å². The quantitative estimate of drug-likeness (QED) is 0.660. The minimum Gasteiger partial charge on any atom is -0.318 e. The van der Waals surface area contributed by atoms with Crippen LogP contribution in [-0.4, -0.2) is 46.2 Å². The van der Waals surface area contributed by atoms with Gasteiger partial charge in [0, 0.05) is 12.3 Å². The number of halogens is 1. The van der Waals surface area contributed by atoms with Gasteiger partial charge >= 0.3 is 0 Å². The number of nitrogens with zero attached hydrogens (tertiary/aromatic N) is 4. The highest BCUT2D eigenvalue weighted by atomic mass is 32.2. The third-order valence-electron chi connectivity index (χ3n) is 1.38. The van der Waals surface area contributed by atoms with E-state index >= 15 is 0 Å². The van der Waals surface area contributed by atoms with Crippen molar-refractivity contribution in [1.29, 1.82) is 0 Å². The fourth-order valence-corrected chi connectivity index (χ4v) is 1.42. The van der Waals surface area contributed by atoms with Crippen LogP contribution in [0, 0.1) is 0 Å². The van der Waals surface area contributed by atoms with Crippen molar-refractivity contribution < 1.29 is 4.39 Å². The molecule has 0 saturated carbocycles. The number of tetrazole rings is 1. The number of hydrogen-bond acceptors (Lipinski definition) is 5. The van der Waals surface area contributed by atoms with E-state index in [2.05, 4.69) is 20.8 Å². The van der Waals surface area contributed by atoms with Crippen LogP contribution in [0.3, 0.4) is 0 Å². The second-order valence-electron chi connectivity index (χ2n) is 2.33. The molecule has 1 N–H and O–H groups in total. The molecule has 0 atom stereocenters. The van der Waals surface area contributed by atoms with Crippen molar-refractivity contribution in [2.75, 3.05) is 26.0 Å². The fourth-order valence-electron chi connectivity index (χ4n) is 0.788. The summed E-state index contributed by atoms with van der Waals surface area (Å²) in [6, 6.07) is 0. The zero-order valence-corrected chi connectivity index (χ0v) is 8.22. The van der Waals surface area contributed by atoms with Crippen LogP contribution in [0.5, 0.6) is 0 Å². The summed E-state index contributed by atoms with van der Waals surface area (Å²) in [5.41, 5.74) is 0. The summed E-state index contributed by atoms with van der Waals surface area (Å²) in [6.07, 6.45) is 0. The van der Waals surface area contributed by atoms with Crippen molar-refractivity contribution in [3.63, 3.8) is 0 Å². The molecule has 74 valence electrons. The third-order valence-corrected chi connectivity index (χ3v) is 2.29. The minimum atomic E-state index is -0.358. The van der Waals surface area contributed by atoms with E-state index in [1.165, 1.54) is 11.8 Å². The van der Waals surface area contributed by atoms with E-state index in [1.54, 1.807) is 4.68 Å². The van der Waals surface area contributed by atoms with Gasteiger partial charge in [-0.3, -0.25) is 4.39 Å². The molecule has 1 heterocycles. The lowest BCUT2D eigenvalue weighted by molar-refractivity contribution is 0.523. The first kappa shape index (κ1) is 10.4. The first-order valence-electron chi connectivity index (χ1n) is 3.98. The third kappa shape index (κ3) is 3.27. The van der Waals surface area contributed by atoms with Crippen LogP contribution >= 0.6 is 11.8 Å². The van der Waals surface area contributed by atoms with E-state index < -0.39 is 0 Å². The molecule has 1 aromatic heterocycles. The van der Waals surface area contributed by atoms with Crippen LogP contribution in [0.2, 0.25) is 0 Å². The van der Waals surface area contributed by atoms with Gasteiger partial charge in [-0.1, -0.05) is 11.8 Å². The average Bonchev–Trinajstić information content (AvgIpc) is 2.59. The van der Waals surface area contributed by atoms with Crippen molar-refractivity contribution in [3.05, 3.63) is 0 Å². The Morgan fingerprint density at radius 2 is 2.46 bits per heavy atom. The number of likely N-dealkylation sites (N-methyl/N-ethyl adjacent to an activating group) is 1. The largest absolute Gasteiger partial charge is 0.318 e. The summed E-state index contributed by atoms with van der Waals surface area (Å²) in [4.78, 5) is 0. The maximum atomic E-state index is 11.9. The summed E-state index contributed by atoms with van der Waals surface area (Å²) in [5.74, 6) is 0.403. The van der Waals surface area contributed by atoms with Gasteiger partial charge in [0.2, 0.25) is 5.16 Å². The van der Waals surface area contributed by atoms with Crippen LogP contribution in [0.4, 0.5) is 4.39 Å². The molecule has 1 aromatic rings. The molecule has 13 heavy (non-hydrogen) atoms. The first-order valence-corrected chi connectivity index (χ1v) is 4.96. The number of thioether (sulfide) groups is 1. The highest BCUT2D eigenvalue weighted by Gasteiger charge is 2.04. The van der Waals surface area contributed by atoms with E-state index in [1.807, 2.05) is 7.05 Å². The van der Waals surface area contributed by atoms with Crippen LogP contribution in [0.15, 0.2) is 5.16 Å². The monoisotopic (exact) mass is 205 g/mol. The Labute approximate surface area is 80.1 Å². The lowest BCUT2D eigenvalue weighted by Gasteiger charge is -2.01. The second kappa shape index (κ2) is 5.87. The second-order valence-corrected chi connectivity index (χ2v) is 3.39. The summed E-state index contributed by atoms with van der Waals surface area (Å²) >= 11 is 1.33. The van der Waals surface area contributed by atoms with Gasteiger partial charge in [-0.05, 0) is 17.5 Å². The number of aromatic nitrogens is 4. The first-order chi connectivity index (χ1) is 6.38. The molecule has 0 bridgehead atoms. The van der Waals surface area contributed by atoms with Gasteiger partial charge in [-0.25, -0.2) is 4.68 Å². The lowest BCUT2D eigenvalue weighted by Crippen LogP contribution is -2.16. The molecule has 7 heteroatoms. The summed E-state index contributed by atoms with van der Waals surface area (Å²) < 4.78 is 13.5. The van der Waals surface area contributed by atoms with Crippen molar-refractivity contribution in [1.82, 2.24) is 25.5 Å². The Kier molecular flexibility index (Phi) is 4.69. The number of alkyl halides is 1. The highest BCUT2D eigenvalue weighted by molar-refractivity contribution is 7.99. The molecule has 0 unspecified atom stereocenters. The van der Waals surface area contributed by atoms with Crippen molar-refractivity contribution in [2.45, 2.75) is 11.7 Å². The molecule has 0 fully saturated rings. The van der Waals surface area contributed by atoms with Crippen LogP contribution < -0.4 is 5.32 Å². The standard InChI is InChI=1S/C6H12FN5S/c1-8-3-4-12-6(9-10-11-12)13-5-2-7/h8H,2-5H2,1H3. The predicted octanol–water partition coefficient (Wildman–Crippen LogP) is -0.0459. The minimum absolute atomic E-state index is 0.358. The molecule has 5 nitrogen and oxygen atoms in total. The van der Waals surface area contributed by atoms with Gasteiger partial charge in [-0.2, -0.15) is 0 Å². The molecule has 0 saturated heterocycles. The molecule has 0 aliphatic heterocycles. The summed E-state index contributed by atoms with van der Waals surface area (Å²) in [7, 11) is 1.86. The Morgan fingerprint density at radius 3 is 3.15 bits per heavy atom. The molecule has 0 spiro atoms. The van der Waals surface area contributed by atoms with Gasteiger partial charge in [-0.15, -0.1) is 5.10 Å². The maximum absolute atomic E-state index is 11.9. The van der Waals surface area contributed by atoms with Crippen molar-refractivity contribution >= 4 is 11.8 Å².